The summed E-state index contributed by atoms with van der Waals surface area (Å²) in [6.07, 6.45) is 5.44. The molecule has 2 bridgehead atoms. The van der Waals surface area contributed by atoms with Gasteiger partial charge in [-0.1, -0.05) is 6.42 Å². The Bertz CT molecular complexity index is 611. The molecular weight excluding hydrogens is 352 g/mol. The first kappa shape index (κ1) is 20.8. The van der Waals surface area contributed by atoms with Gasteiger partial charge in [0.15, 0.2) is 0 Å². The maximum Gasteiger partial charge on any atom is 0.223 e. The summed E-state index contributed by atoms with van der Waals surface area (Å²) in [4.78, 5) is 12.8. The lowest BCUT2D eigenvalue weighted by Gasteiger charge is -2.43. The molecule has 0 heterocycles. The van der Waals surface area contributed by atoms with Crippen molar-refractivity contribution < 1.29 is 14.3 Å². The molecule has 2 fully saturated rings. The molecule has 2 aliphatic rings. The van der Waals surface area contributed by atoms with Crippen LogP contribution in [0.5, 0.6) is 11.5 Å². The Kier molecular flexibility index (Phi) is 7.18. The molecule has 2 saturated carbocycles. The number of nitrogens with two attached hydrogens (primary N) is 1. The molecule has 26 heavy (non-hydrogen) atoms. The third-order valence-corrected chi connectivity index (χ3v) is 6.05. The van der Waals surface area contributed by atoms with E-state index in [9.17, 15) is 4.79 Å². The van der Waals surface area contributed by atoms with E-state index < -0.39 is 0 Å². The van der Waals surface area contributed by atoms with Gasteiger partial charge in [0.25, 0.3) is 0 Å². The van der Waals surface area contributed by atoms with Gasteiger partial charge >= 0.3 is 0 Å². The van der Waals surface area contributed by atoms with Crippen LogP contribution in [-0.2, 0) is 4.79 Å². The van der Waals surface area contributed by atoms with Crippen molar-refractivity contribution in [2.24, 2.45) is 23.5 Å². The Morgan fingerprint density at radius 2 is 1.85 bits per heavy atom. The van der Waals surface area contributed by atoms with E-state index in [2.05, 4.69) is 5.32 Å². The molecule has 1 amide bonds. The first-order valence-corrected chi connectivity index (χ1v) is 9.31. The number of fused-ring (bicyclic) bond motifs is 2. The van der Waals surface area contributed by atoms with E-state index in [-0.39, 0.29) is 36.3 Å². The fourth-order valence-corrected chi connectivity index (χ4v) is 4.59. The Labute approximate surface area is 162 Å². The van der Waals surface area contributed by atoms with Crippen LogP contribution in [0.15, 0.2) is 18.2 Å². The molecule has 3 rings (SSSR count). The minimum Gasteiger partial charge on any atom is -0.497 e. The standard InChI is InChI=1S/C20H30N2O3.ClH/c1-12(17-11-16(24-2)7-8-18(17)25-3)22-20(23)15-9-13-5-4-6-14(10-15)19(13)21;/h7-8,11-15,19H,4-6,9-10,21H2,1-3H3,(H,22,23);1H. The molecule has 0 aromatic heterocycles. The second-order valence-corrected chi connectivity index (χ2v) is 7.53. The summed E-state index contributed by atoms with van der Waals surface area (Å²) < 4.78 is 10.8. The van der Waals surface area contributed by atoms with Crippen molar-refractivity contribution in [2.75, 3.05) is 14.2 Å². The molecule has 0 radical (unpaired) electrons. The minimum absolute atomic E-state index is 0. The van der Waals surface area contributed by atoms with Crippen molar-refractivity contribution in [3.63, 3.8) is 0 Å². The summed E-state index contributed by atoms with van der Waals surface area (Å²) in [5, 5.41) is 3.18. The first-order valence-electron chi connectivity index (χ1n) is 9.31. The van der Waals surface area contributed by atoms with Gasteiger partial charge in [-0.25, -0.2) is 0 Å². The number of rotatable bonds is 5. The molecule has 1 aromatic carbocycles. The van der Waals surface area contributed by atoms with Crippen LogP contribution in [0.2, 0.25) is 0 Å². The summed E-state index contributed by atoms with van der Waals surface area (Å²) in [6.45, 7) is 1.99. The summed E-state index contributed by atoms with van der Waals surface area (Å²) in [7, 11) is 3.28. The quantitative estimate of drug-likeness (QED) is 0.817. The summed E-state index contributed by atoms with van der Waals surface area (Å²) >= 11 is 0. The van der Waals surface area contributed by atoms with E-state index in [0.29, 0.717) is 11.8 Å². The number of hydrogen-bond acceptors (Lipinski definition) is 4. The van der Waals surface area contributed by atoms with Crippen molar-refractivity contribution >= 4 is 18.3 Å². The minimum atomic E-state index is -0.131. The second kappa shape index (κ2) is 8.96. The summed E-state index contributed by atoms with van der Waals surface area (Å²) in [5.41, 5.74) is 7.28. The van der Waals surface area contributed by atoms with Gasteiger partial charge < -0.3 is 20.5 Å². The smallest absolute Gasteiger partial charge is 0.223 e. The highest BCUT2D eigenvalue weighted by Gasteiger charge is 2.40. The average Bonchev–Trinajstić information content (AvgIpc) is 2.60. The lowest BCUT2D eigenvalue weighted by atomic mass is 9.65. The fourth-order valence-electron chi connectivity index (χ4n) is 4.59. The molecule has 146 valence electrons. The van der Waals surface area contributed by atoms with Gasteiger partial charge in [-0.05, 0) is 62.6 Å². The maximum atomic E-state index is 12.8. The third-order valence-electron chi connectivity index (χ3n) is 6.05. The molecule has 6 heteroatoms. The van der Waals surface area contributed by atoms with Crippen LogP contribution in [0.4, 0.5) is 0 Å². The van der Waals surface area contributed by atoms with E-state index in [4.69, 9.17) is 15.2 Å². The van der Waals surface area contributed by atoms with Gasteiger partial charge in [-0.15, -0.1) is 12.4 Å². The normalized spacial score (nSPS) is 28.5. The van der Waals surface area contributed by atoms with E-state index in [1.165, 1.54) is 19.3 Å². The second-order valence-electron chi connectivity index (χ2n) is 7.53. The number of amides is 1. The summed E-state index contributed by atoms with van der Waals surface area (Å²) in [6, 6.07) is 5.82. The first-order chi connectivity index (χ1) is 12.0. The van der Waals surface area contributed by atoms with Gasteiger partial charge in [0.1, 0.15) is 11.5 Å². The zero-order valence-electron chi connectivity index (χ0n) is 15.9. The fraction of sp³-hybridized carbons (Fsp3) is 0.650. The zero-order valence-corrected chi connectivity index (χ0v) is 16.7. The average molecular weight is 383 g/mol. The molecule has 5 nitrogen and oxygen atoms in total. The monoisotopic (exact) mass is 382 g/mol. The highest BCUT2D eigenvalue weighted by atomic mass is 35.5. The van der Waals surface area contributed by atoms with Crippen molar-refractivity contribution in [1.29, 1.82) is 0 Å². The zero-order chi connectivity index (χ0) is 18.0. The number of benzene rings is 1. The van der Waals surface area contributed by atoms with Gasteiger partial charge in [-0.2, -0.15) is 0 Å². The molecule has 0 spiro atoms. The van der Waals surface area contributed by atoms with Crippen molar-refractivity contribution in [3.05, 3.63) is 23.8 Å². The Balaban J connectivity index is 0.00000243. The number of carbonyl (C=O) groups excluding carboxylic acids is 1. The van der Waals surface area contributed by atoms with Gasteiger partial charge in [0.05, 0.1) is 20.3 Å². The number of ether oxygens (including phenoxy) is 2. The van der Waals surface area contributed by atoms with E-state index in [1.54, 1.807) is 14.2 Å². The van der Waals surface area contributed by atoms with Crippen LogP contribution in [0.3, 0.4) is 0 Å². The van der Waals surface area contributed by atoms with E-state index in [1.807, 2.05) is 25.1 Å². The van der Waals surface area contributed by atoms with Crippen LogP contribution in [0.25, 0.3) is 0 Å². The highest BCUT2D eigenvalue weighted by Crippen LogP contribution is 2.42. The molecule has 0 aliphatic heterocycles. The van der Waals surface area contributed by atoms with Gasteiger partial charge in [0, 0.05) is 17.5 Å². The Hall–Kier alpha value is -1.46. The largest absolute Gasteiger partial charge is 0.497 e. The molecule has 3 N–H and O–H groups in total. The van der Waals surface area contributed by atoms with E-state index >= 15 is 0 Å². The number of nitrogens with one attached hydrogen (secondary N) is 1. The molecule has 3 atom stereocenters. The molecule has 3 unspecified atom stereocenters. The topological polar surface area (TPSA) is 73.6 Å². The molecule has 0 saturated heterocycles. The van der Waals surface area contributed by atoms with Crippen molar-refractivity contribution in [3.8, 4) is 11.5 Å². The number of hydrogen-bond donors (Lipinski definition) is 2. The lowest BCUT2D eigenvalue weighted by molar-refractivity contribution is -0.128. The predicted octanol–water partition coefficient (Wildman–Crippen LogP) is 3.46. The van der Waals surface area contributed by atoms with Crippen LogP contribution in [0, 0.1) is 17.8 Å². The Morgan fingerprint density at radius 1 is 1.19 bits per heavy atom. The van der Waals surface area contributed by atoms with Gasteiger partial charge in [0.2, 0.25) is 5.91 Å². The van der Waals surface area contributed by atoms with E-state index in [0.717, 1.165) is 29.9 Å². The summed E-state index contributed by atoms with van der Waals surface area (Å²) in [5.74, 6) is 2.75. The lowest BCUT2D eigenvalue weighted by Crippen LogP contribution is -2.49. The van der Waals surface area contributed by atoms with Crippen LogP contribution in [-0.4, -0.2) is 26.2 Å². The van der Waals surface area contributed by atoms with Crippen molar-refractivity contribution in [1.82, 2.24) is 5.32 Å². The third kappa shape index (κ3) is 4.26. The number of halogens is 1. The number of carbonyl (C=O) groups is 1. The number of methoxy groups -OCH3 is 2. The SMILES string of the molecule is COc1ccc(OC)c(C(C)NC(=O)C2CC3CCCC(C2)C3N)c1.Cl. The maximum absolute atomic E-state index is 12.8. The Morgan fingerprint density at radius 3 is 2.42 bits per heavy atom. The van der Waals surface area contributed by atoms with Gasteiger partial charge in [-0.3, -0.25) is 4.79 Å². The molecule has 1 aromatic rings. The van der Waals surface area contributed by atoms with Crippen LogP contribution in [0.1, 0.15) is 50.6 Å². The van der Waals surface area contributed by atoms with Crippen LogP contribution < -0.4 is 20.5 Å². The predicted molar refractivity (Wildman–Crippen MR) is 105 cm³/mol. The molecular formula is C20H31ClN2O3. The van der Waals surface area contributed by atoms with Crippen LogP contribution >= 0.6 is 12.4 Å². The molecule has 2 aliphatic carbocycles. The highest BCUT2D eigenvalue weighted by molar-refractivity contribution is 5.85. The van der Waals surface area contributed by atoms with Crippen molar-refractivity contribution in [2.45, 2.75) is 51.1 Å².